The largest absolute Gasteiger partial charge is 0.411 e. The van der Waals surface area contributed by atoms with Crippen LogP contribution >= 0.6 is 0 Å². The summed E-state index contributed by atoms with van der Waals surface area (Å²) in [5.74, 6) is 0. The molecule has 1 aromatic carbocycles. The number of nitrogens with zero attached hydrogens (tertiary/aromatic N) is 1. The number of aliphatic hydroxyl groups excluding tert-OH is 1. The van der Waals surface area contributed by atoms with Crippen LogP contribution in [-0.2, 0) is 17.1 Å². The Balaban J connectivity index is 0.00000121. The second-order valence-corrected chi connectivity index (χ2v) is 2.07. The van der Waals surface area contributed by atoms with Crippen LogP contribution < -0.4 is 0 Å². The van der Waals surface area contributed by atoms with Gasteiger partial charge in [-0.05, 0) is 0 Å². The zero-order valence-electron chi connectivity index (χ0n) is 6.24. The van der Waals surface area contributed by atoms with Crippen LogP contribution in [0.15, 0.2) is 35.5 Å². The van der Waals surface area contributed by atoms with Gasteiger partial charge in [0.15, 0.2) is 0 Å². The third kappa shape index (κ3) is 2.66. The van der Waals surface area contributed by atoms with E-state index in [9.17, 15) is 0 Å². The minimum absolute atomic E-state index is 0. The van der Waals surface area contributed by atoms with Gasteiger partial charge in [-0.25, -0.2) is 0 Å². The van der Waals surface area contributed by atoms with Gasteiger partial charge in [0.2, 0.25) is 0 Å². The van der Waals surface area contributed by atoms with Gasteiger partial charge >= 0.3 is 0 Å². The summed E-state index contributed by atoms with van der Waals surface area (Å²) in [6.45, 7) is -0.249. The Kier molecular flexibility index (Phi) is 5.37. The van der Waals surface area contributed by atoms with Gasteiger partial charge in [0.25, 0.3) is 0 Å². The van der Waals surface area contributed by atoms with E-state index in [0.29, 0.717) is 0 Å². The van der Waals surface area contributed by atoms with Gasteiger partial charge in [0.05, 0.1) is 6.61 Å². The fourth-order valence-electron chi connectivity index (χ4n) is 0.811. The van der Waals surface area contributed by atoms with E-state index in [4.69, 9.17) is 10.3 Å². The van der Waals surface area contributed by atoms with Crippen LogP contribution in [0, 0.1) is 0 Å². The first-order chi connectivity index (χ1) is 5.38. The van der Waals surface area contributed by atoms with Crippen LogP contribution in [0.2, 0.25) is 0 Å². The number of oxime groups is 1. The Bertz CT molecular complexity index is 248. The smallest absolute Gasteiger partial charge is 0.112 e. The number of benzene rings is 1. The molecule has 0 aromatic heterocycles. The average Bonchev–Trinajstić information content (AvgIpc) is 2.09. The molecule has 0 saturated carbocycles. The van der Waals surface area contributed by atoms with E-state index in [0.717, 1.165) is 5.56 Å². The quantitative estimate of drug-likeness (QED) is 0.332. The van der Waals surface area contributed by atoms with Crippen molar-refractivity contribution in [1.82, 2.24) is 0 Å². The third-order valence-corrected chi connectivity index (χ3v) is 1.38. The monoisotopic (exact) mass is 214 g/mol. The van der Waals surface area contributed by atoms with E-state index < -0.39 is 0 Å². The molecule has 0 fully saturated rings. The summed E-state index contributed by atoms with van der Waals surface area (Å²) in [6.07, 6.45) is 0. The maximum atomic E-state index is 8.69. The van der Waals surface area contributed by atoms with E-state index in [-0.39, 0.29) is 29.4 Å². The Hall–Kier alpha value is -0.831. The van der Waals surface area contributed by atoms with Gasteiger partial charge < -0.3 is 10.3 Å². The molecule has 1 aromatic rings. The molecule has 0 aliphatic rings. The fourth-order valence-corrected chi connectivity index (χ4v) is 0.811. The topological polar surface area (TPSA) is 52.8 Å². The Labute approximate surface area is 81.2 Å². The predicted molar refractivity (Wildman–Crippen MR) is 41.9 cm³/mol. The van der Waals surface area contributed by atoms with E-state index >= 15 is 0 Å². The van der Waals surface area contributed by atoms with Gasteiger partial charge in [0, 0.05) is 22.6 Å². The van der Waals surface area contributed by atoms with Crippen LogP contribution in [-0.4, -0.2) is 22.6 Å². The third-order valence-electron chi connectivity index (χ3n) is 1.38. The van der Waals surface area contributed by atoms with Crippen molar-refractivity contribution in [3.05, 3.63) is 35.9 Å². The molecule has 12 heavy (non-hydrogen) atoms. The van der Waals surface area contributed by atoms with E-state index in [2.05, 4.69) is 5.16 Å². The first kappa shape index (κ1) is 11.2. The Morgan fingerprint density at radius 1 is 1.25 bits per heavy atom. The molecule has 0 aliphatic carbocycles. The van der Waals surface area contributed by atoms with Crippen molar-refractivity contribution in [3.63, 3.8) is 0 Å². The summed E-state index contributed by atoms with van der Waals surface area (Å²) in [7, 11) is 0. The summed E-state index contributed by atoms with van der Waals surface area (Å²) in [6, 6.07) is 9.03. The van der Waals surface area contributed by atoms with Crippen LogP contribution in [0.1, 0.15) is 5.56 Å². The van der Waals surface area contributed by atoms with Crippen molar-refractivity contribution in [2.75, 3.05) is 6.61 Å². The minimum atomic E-state index is -0.249. The van der Waals surface area contributed by atoms with E-state index in [1.165, 1.54) is 0 Å². The van der Waals surface area contributed by atoms with Crippen LogP contribution in [0.4, 0.5) is 0 Å². The van der Waals surface area contributed by atoms with Crippen molar-refractivity contribution < 1.29 is 27.4 Å². The number of hydrogen-bond acceptors (Lipinski definition) is 3. The standard InChI is InChI=1S/C8H9NO2.Cu/c10-6-8(9-11)7-4-2-1-3-5-7;/h1-5,10-11H,6H2;. The fraction of sp³-hybridized carbons (Fsp3) is 0.125. The molecule has 0 saturated heterocycles. The van der Waals surface area contributed by atoms with Crippen molar-refractivity contribution in [2.24, 2.45) is 5.16 Å². The molecule has 0 atom stereocenters. The molecule has 4 heteroatoms. The van der Waals surface area contributed by atoms with Gasteiger partial charge in [-0.3, -0.25) is 0 Å². The average molecular weight is 215 g/mol. The molecular formula is C8H9CuNO2. The molecule has 0 heterocycles. The normalized spacial score (nSPS) is 10.6. The van der Waals surface area contributed by atoms with Crippen LogP contribution in [0.25, 0.3) is 0 Å². The SMILES string of the molecule is OCC(=NO)c1ccccc1.[Cu]. The molecule has 0 unspecified atom stereocenters. The van der Waals surface area contributed by atoms with Crippen molar-refractivity contribution >= 4 is 5.71 Å². The number of aliphatic hydroxyl groups is 1. The molecule has 2 N–H and O–H groups in total. The van der Waals surface area contributed by atoms with Gasteiger partial charge in [-0.15, -0.1) is 0 Å². The molecule has 1 radical (unpaired) electrons. The number of rotatable bonds is 2. The summed E-state index contributed by atoms with van der Waals surface area (Å²) < 4.78 is 0. The van der Waals surface area contributed by atoms with E-state index in [1.807, 2.05) is 18.2 Å². The second-order valence-electron chi connectivity index (χ2n) is 2.07. The summed E-state index contributed by atoms with van der Waals surface area (Å²) in [5, 5.41) is 20.0. The van der Waals surface area contributed by atoms with Crippen molar-refractivity contribution in [1.29, 1.82) is 0 Å². The maximum absolute atomic E-state index is 8.69. The summed E-state index contributed by atoms with van der Waals surface area (Å²) in [4.78, 5) is 0. The van der Waals surface area contributed by atoms with Crippen molar-refractivity contribution in [2.45, 2.75) is 0 Å². The molecule has 0 bridgehead atoms. The van der Waals surface area contributed by atoms with Gasteiger partial charge in [0.1, 0.15) is 5.71 Å². The molecule has 3 nitrogen and oxygen atoms in total. The molecular weight excluding hydrogens is 206 g/mol. The Morgan fingerprint density at radius 3 is 2.25 bits per heavy atom. The van der Waals surface area contributed by atoms with E-state index in [1.54, 1.807) is 12.1 Å². The van der Waals surface area contributed by atoms with Gasteiger partial charge in [-0.1, -0.05) is 35.5 Å². The molecule has 0 amide bonds. The summed E-state index contributed by atoms with van der Waals surface area (Å²) in [5.41, 5.74) is 1.02. The molecule has 1 rings (SSSR count). The first-order valence-corrected chi connectivity index (χ1v) is 3.25. The van der Waals surface area contributed by atoms with Gasteiger partial charge in [-0.2, -0.15) is 0 Å². The minimum Gasteiger partial charge on any atom is -0.411 e. The summed E-state index contributed by atoms with van der Waals surface area (Å²) >= 11 is 0. The molecule has 0 spiro atoms. The van der Waals surface area contributed by atoms with Crippen molar-refractivity contribution in [3.8, 4) is 0 Å². The second kappa shape index (κ2) is 5.77. The zero-order chi connectivity index (χ0) is 8.10. The Morgan fingerprint density at radius 2 is 1.83 bits per heavy atom. The van der Waals surface area contributed by atoms with Crippen LogP contribution in [0.3, 0.4) is 0 Å². The number of hydrogen-bond donors (Lipinski definition) is 2. The molecule has 0 aliphatic heterocycles. The van der Waals surface area contributed by atoms with Crippen LogP contribution in [0.5, 0.6) is 0 Å². The maximum Gasteiger partial charge on any atom is 0.112 e. The predicted octanol–water partition coefficient (Wildman–Crippen LogP) is 0.855. The first-order valence-electron chi connectivity index (χ1n) is 3.25. The molecule has 69 valence electrons. The zero-order valence-corrected chi connectivity index (χ0v) is 7.18.